The van der Waals surface area contributed by atoms with Gasteiger partial charge in [-0.2, -0.15) is 0 Å². The number of hydrogen-bond acceptors (Lipinski definition) is 3. The van der Waals surface area contributed by atoms with Crippen molar-refractivity contribution < 1.29 is 9.53 Å². The molecular weight excluding hydrogens is 392 g/mol. The van der Waals surface area contributed by atoms with Crippen LogP contribution in [-0.4, -0.2) is 30.5 Å². The van der Waals surface area contributed by atoms with E-state index in [-0.39, 0.29) is 36.3 Å². The van der Waals surface area contributed by atoms with E-state index in [1.54, 1.807) is 7.11 Å². The molecule has 1 saturated heterocycles. The number of carbonyl (C=O) groups excluding carboxylic acids is 1. The largest absolute Gasteiger partial charge is 0.496 e. The van der Waals surface area contributed by atoms with Crippen molar-refractivity contribution in [1.82, 2.24) is 4.90 Å². The van der Waals surface area contributed by atoms with Gasteiger partial charge in [0.15, 0.2) is 0 Å². The van der Waals surface area contributed by atoms with Crippen molar-refractivity contribution in [3.8, 4) is 5.75 Å². The number of carbonyl (C=O) groups is 1. The summed E-state index contributed by atoms with van der Waals surface area (Å²) in [6.45, 7) is 0.838. The molecule has 24 heavy (non-hydrogen) atoms. The highest BCUT2D eigenvalue weighted by Crippen LogP contribution is 2.40. The second-order valence-electron chi connectivity index (χ2n) is 6.70. The summed E-state index contributed by atoms with van der Waals surface area (Å²) in [5.41, 5.74) is 7.18. The number of amides is 1. The summed E-state index contributed by atoms with van der Waals surface area (Å²) in [5, 5.41) is 0. The molecule has 1 aliphatic carbocycles. The quantitative estimate of drug-likeness (QED) is 0.807. The Morgan fingerprint density at radius 1 is 1.29 bits per heavy atom. The molecule has 0 spiro atoms. The normalized spacial score (nSPS) is 26.8. The minimum atomic E-state index is 0. The van der Waals surface area contributed by atoms with Crippen LogP contribution >= 0.6 is 28.3 Å². The predicted octanol–water partition coefficient (Wildman–Crippen LogP) is 4.06. The fourth-order valence-electron chi connectivity index (χ4n) is 4.01. The zero-order valence-electron chi connectivity index (χ0n) is 14.0. The maximum atomic E-state index is 13.0. The van der Waals surface area contributed by atoms with Crippen molar-refractivity contribution in [3.05, 3.63) is 28.2 Å². The van der Waals surface area contributed by atoms with E-state index in [1.807, 2.05) is 12.1 Å². The third-order valence-electron chi connectivity index (χ3n) is 5.15. The second-order valence-corrected chi connectivity index (χ2v) is 7.62. The molecule has 3 atom stereocenters. The Labute approximate surface area is 158 Å². The van der Waals surface area contributed by atoms with E-state index in [0.717, 1.165) is 60.9 Å². The van der Waals surface area contributed by atoms with Gasteiger partial charge in [-0.1, -0.05) is 22.4 Å². The molecule has 1 amide bonds. The van der Waals surface area contributed by atoms with Gasteiger partial charge in [0.25, 0.3) is 0 Å². The first kappa shape index (κ1) is 19.5. The number of nitrogens with two attached hydrogens (primary N) is 1. The Hall–Kier alpha value is -0.780. The maximum Gasteiger partial charge on any atom is 0.226 e. The minimum Gasteiger partial charge on any atom is -0.496 e. The van der Waals surface area contributed by atoms with E-state index in [1.165, 1.54) is 0 Å². The molecule has 1 aliphatic heterocycles. The molecule has 2 aliphatic rings. The average molecular weight is 418 g/mol. The molecule has 1 aromatic carbocycles. The molecule has 2 N–H and O–H groups in total. The Morgan fingerprint density at radius 3 is 2.79 bits per heavy atom. The third-order valence-corrected chi connectivity index (χ3v) is 5.64. The van der Waals surface area contributed by atoms with Crippen LogP contribution in [0.15, 0.2) is 22.7 Å². The van der Waals surface area contributed by atoms with Gasteiger partial charge in [-0.25, -0.2) is 0 Å². The monoisotopic (exact) mass is 416 g/mol. The van der Waals surface area contributed by atoms with E-state index in [9.17, 15) is 4.79 Å². The van der Waals surface area contributed by atoms with Crippen molar-refractivity contribution in [2.24, 2.45) is 11.7 Å². The summed E-state index contributed by atoms with van der Waals surface area (Å²) in [7, 11) is 1.69. The summed E-state index contributed by atoms with van der Waals surface area (Å²) >= 11 is 3.54. The first-order chi connectivity index (χ1) is 11.1. The van der Waals surface area contributed by atoms with E-state index >= 15 is 0 Å². The lowest BCUT2D eigenvalue weighted by atomic mass is 9.85. The highest BCUT2D eigenvalue weighted by Gasteiger charge is 2.36. The van der Waals surface area contributed by atoms with Gasteiger partial charge in [-0.3, -0.25) is 4.79 Å². The van der Waals surface area contributed by atoms with E-state index < -0.39 is 0 Å². The Bertz CT molecular complexity index is 584. The Morgan fingerprint density at radius 2 is 2.08 bits per heavy atom. The van der Waals surface area contributed by atoms with E-state index in [0.29, 0.717) is 0 Å². The molecule has 6 heteroatoms. The molecule has 2 fully saturated rings. The van der Waals surface area contributed by atoms with Crippen LogP contribution in [0.3, 0.4) is 0 Å². The van der Waals surface area contributed by atoms with Crippen LogP contribution in [0.25, 0.3) is 0 Å². The standard InChI is InChI=1S/C18H25BrN2O2.ClH/c1-23-17-8-7-13(19)11-15(17)16-6-3-9-21(16)18(22)12-4-2-5-14(20)10-12;/h7-8,11-12,14,16H,2-6,9-10,20H2,1H3;1H. The minimum absolute atomic E-state index is 0. The van der Waals surface area contributed by atoms with Gasteiger partial charge >= 0.3 is 0 Å². The molecular formula is C18H26BrClN2O2. The van der Waals surface area contributed by atoms with Crippen LogP contribution in [0.4, 0.5) is 0 Å². The summed E-state index contributed by atoms with van der Waals surface area (Å²) in [5.74, 6) is 1.24. The first-order valence-electron chi connectivity index (χ1n) is 8.49. The van der Waals surface area contributed by atoms with Crippen molar-refractivity contribution in [2.75, 3.05) is 13.7 Å². The van der Waals surface area contributed by atoms with Crippen molar-refractivity contribution in [1.29, 1.82) is 0 Å². The van der Waals surface area contributed by atoms with Gasteiger partial charge in [-0.05, 0) is 50.3 Å². The molecule has 1 saturated carbocycles. The van der Waals surface area contributed by atoms with E-state index in [4.69, 9.17) is 10.5 Å². The molecule has 1 aromatic rings. The summed E-state index contributed by atoms with van der Waals surface area (Å²) in [6, 6.07) is 6.33. The van der Waals surface area contributed by atoms with Crippen LogP contribution < -0.4 is 10.5 Å². The zero-order chi connectivity index (χ0) is 16.4. The first-order valence-corrected chi connectivity index (χ1v) is 9.29. The highest BCUT2D eigenvalue weighted by molar-refractivity contribution is 9.10. The summed E-state index contributed by atoms with van der Waals surface area (Å²) < 4.78 is 6.55. The number of benzene rings is 1. The van der Waals surface area contributed by atoms with Gasteiger partial charge in [0.1, 0.15) is 5.75 Å². The lowest BCUT2D eigenvalue weighted by Crippen LogP contribution is -2.40. The van der Waals surface area contributed by atoms with Gasteiger partial charge in [0.2, 0.25) is 5.91 Å². The number of methoxy groups -OCH3 is 1. The Balaban J connectivity index is 0.00000208. The summed E-state index contributed by atoms with van der Waals surface area (Å²) in [6.07, 6.45) is 5.97. The van der Waals surface area contributed by atoms with Crippen molar-refractivity contribution >= 4 is 34.2 Å². The number of likely N-dealkylation sites (tertiary alicyclic amines) is 1. The SMILES string of the molecule is COc1ccc(Br)cc1C1CCCN1C(=O)C1CCCC(N)C1.Cl. The second kappa shape index (κ2) is 8.54. The van der Waals surface area contributed by atoms with Gasteiger partial charge in [0, 0.05) is 28.5 Å². The van der Waals surface area contributed by atoms with Crippen LogP contribution in [0.2, 0.25) is 0 Å². The van der Waals surface area contributed by atoms with Crippen LogP contribution in [0.5, 0.6) is 5.75 Å². The number of halogens is 2. The average Bonchev–Trinajstić information content (AvgIpc) is 3.03. The highest BCUT2D eigenvalue weighted by atomic mass is 79.9. The molecule has 0 bridgehead atoms. The molecule has 3 rings (SSSR count). The molecule has 4 nitrogen and oxygen atoms in total. The lowest BCUT2D eigenvalue weighted by molar-refractivity contribution is -0.137. The van der Waals surface area contributed by atoms with Gasteiger partial charge in [-0.15, -0.1) is 12.4 Å². The number of nitrogens with zero attached hydrogens (tertiary/aromatic N) is 1. The fraction of sp³-hybridized carbons (Fsp3) is 0.611. The van der Waals surface area contributed by atoms with Crippen molar-refractivity contribution in [3.63, 3.8) is 0 Å². The number of ether oxygens (including phenoxy) is 1. The molecule has 134 valence electrons. The number of hydrogen-bond donors (Lipinski definition) is 1. The van der Waals surface area contributed by atoms with Crippen molar-refractivity contribution in [2.45, 2.75) is 50.6 Å². The topological polar surface area (TPSA) is 55.6 Å². The predicted molar refractivity (Wildman–Crippen MR) is 102 cm³/mol. The van der Waals surface area contributed by atoms with Crippen LogP contribution in [0, 0.1) is 5.92 Å². The van der Waals surface area contributed by atoms with Crippen LogP contribution in [-0.2, 0) is 4.79 Å². The maximum absolute atomic E-state index is 13.0. The van der Waals surface area contributed by atoms with E-state index in [2.05, 4.69) is 26.9 Å². The van der Waals surface area contributed by atoms with Gasteiger partial charge < -0.3 is 15.4 Å². The molecule has 0 radical (unpaired) electrons. The lowest BCUT2D eigenvalue weighted by Gasteiger charge is -2.33. The zero-order valence-corrected chi connectivity index (χ0v) is 16.4. The molecule has 0 aromatic heterocycles. The molecule has 3 unspecified atom stereocenters. The Kier molecular flexibility index (Phi) is 6.96. The van der Waals surface area contributed by atoms with Crippen LogP contribution in [0.1, 0.15) is 50.1 Å². The van der Waals surface area contributed by atoms with Gasteiger partial charge in [0.05, 0.1) is 13.2 Å². The fourth-order valence-corrected chi connectivity index (χ4v) is 4.38. The summed E-state index contributed by atoms with van der Waals surface area (Å²) in [4.78, 5) is 15.1. The third kappa shape index (κ3) is 4.06. The number of rotatable bonds is 3. The smallest absolute Gasteiger partial charge is 0.226 e. The molecule has 1 heterocycles.